The maximum Gasteiger partial charge on any atom is 0.307 e. The van der Waals surface area contributed by atoms with Crippen molar-refractivity contribution in [1.82, 2.24) is 4.31 Å². The van der Waals surface area contributed by atoms with Crippen molar-refractivity contribution in [3.63, 3.8) is 0 Å². The monoisotopic (exact) mass is 375 g/mol. The number of carbonyl (C=O) groups is 1. The van der Waals surface area contributed by atoms with Crippen LogP contribution < -0.4 is 0 Å². The molecule has 1 fully saturated rings. The molecule has 0 aromatic rings. The molecular formula is C17H33NO4SSi. The maximum atomic E-state index is 13.0. The number of ether oxygens (including phenoxy) is 1. The Morgan fingerprint density at radius 2 is 1.92 bits per heavy atom. The number of sulfonamides is 1. The first kappa shape index (κ1) is 21.4. The summed E-state index contributed by atoms with van der Waals surface area (Å²) in [6.45, 7) is 12.4. The Kier molecular flexibility index (Phi) is 8.15. The van der Waals surface area contributed by atoms with Gasteiger partial charge in [0, 0.05) is 20.2 Å². The van der Waals surface area contributed by atoms with E-state index in [2.05, 4.69) is 26.2 Å². The Hall–Kier alpha value is -0.663. The molecule has 0 saturated carbocycles. The summed E-state index contributed by atoms with van der Waals surface area (Å²) < 4.78 is 32.7. The summed E-state index contributed by atoms with van der Waals surface area (Å²) in [5.41, 5.74) is 0. The molecule has 24 heavy (non-hydrogen) atoms. The molecule has 2 atom stereocenters. The van der Waals surface area contributed by atoms with Crippen molar-refractivity contribution in [2.75, 3.05) is 12.4 Å². The number of hydrogen-bond donors (Lipinski definition) is 0. The van der Waals surface area contributed by atoms with Gasteiger partial charge in [0.2, 0.25) is 10.0 Å². The molecule has 0 amide bonds. The van der Waals surface area contributed by atoms with Gasteiger partial charge in [0.25, 0.3) is 0 Å². The fourth-order valence-electron chi connectivity index (χ4n) is 3.16. The Morgan fingerprint density at radius 1 is 1.29 bits per heavy atom. The van der Waals surface area contributed by atoms with E-state index in [1.54, 1.807) is 17.3 Å². The molecule has 7 heteroatoms. The van der Waals surface area contributed by atoms with Crippen LogP contribution in [-0.2, 0) is 19.6 Å². The SMILES string of the molecule is C=CC[C@@H]1CCC[C@@H](CC(=O)OCC)N1S(=O)(=O)CC[Si](C)(C)C. The second kappa shape index (κ2) is 9.15. The van der Waals surface area contributed by atoms with Gasteiger partial charge in [-0.05, 0) is 32.2 Å². The molecule has 1 aliphatic heterocycles. The van der Waals surface area contributed by atoms with Crippen molar-refractivity contribution in [1.29, 1.82) is 0 Å². The maximum absolute atomic E-state index is 13.0. The van der Waals surface area contributed by atoms with Gasteiger partial charge in [0.1, 0.15) is 0 Å². The summed E-state index contributed by atoms with van der Waals surface area (Å²) in [7, 11) is -4.84. The second-order valence-corrected chi connectivity index (χ2v) is 15.3. The van der Waals surface area contributed by atoms with Crippen molar-refractivity contribution in [2.24, 2.45) is 0 Å². The highest BCUT2D eigenvalue weighted by Crippen LogP contribution is 2.31. The number of nitrogens with zero attached hydrogens (tertiary/aromatic N) is 1. The van der Waals surface area contributed by atoms with Crippen molar-refractivity contribution >= 4 is 24.1 Å². The Balaban J connectivity index is 2.99. The fraction of sp³-hybridized carbons (Fsp3) is 0.824. The van der Waals surface area contributed by atoms with Gasteiger partial charge in [-0.1, -0.05) is 32.1 Å². The average molecular weight is 376 g/mol. The Labute approximate surface area is 148 Å². The van der Waals surface area contributed by atoms with E-state index in [0.29, 0.717) is 13.0 Å². The van der Waals surface area contributed by atoms with E-state index in [9.17, 15) is 13.2 Å². The van der Waals surface area contributed by atoms with Gasteiger partial charge < -0.3 is 4.74 Å². The molecule has 0 unspecified atom stereocenters. The van der Waals surface area contributed by atoms with Crippen LogP contribution in [0.5, 0.6) is 0 Å². The predicted octanol–water partition coefficient (Wildman–Crippen LogP) is 3.41. The van der Waals surface area contributed by atoms with Gasteiger partial charge >= 0.3 is 5.97 Å². The third-order valence-electron chi connectivity index (χ3n) is 4.37. The molecule has 1 heterocycles. The molecular weight excluding hydrogens is 342 g/mol. The zero-order valence-corrected chi connectivity index (χ0v) is 17.4. The zero-order chi connectivity index (χ0) is 18.4. The number of piperidine rings is 1. The Morgan fingerprint density at radius 3 is 2.46 bits per heavy atom. The molecule has 140 valence electrons. The van der Waals surface area contributed by atoms with Crippen LogP contribution in [0, 0.1) is 0 Å². The molecule has 0 aromatic carbocycles. The summed E-state index contributed by atoms with van der Waals surface area (Å²) in [4.78, 5) is 11.9. The fourth-order valence-corrected chi connectivity index (χ4v) is 8.13. The molecule has 1 aliphatic rings. The van der Waals surface area contributed by atoms with Crippen LogP contribution in [0.15, 0.2) is 12.7 Å². The molecule has 1 rings (SSSR count). The van der Waals surface area contributed by atoms with Crippen LogP contribution in [0.25, 0.3) is 0 Å². The highest BCUT2D eigenvalue weighted by molar-refractivity contribution is 7.89. The van der Waals surface area contributed by atoms with Crippen LogP contribution in [0.3, 0.4) is 0 Å². The second-order valence-electron chi connectivity index (χ2n) is 7.73. The predicted molar refractivity (Wildman–Crippen MR) is 101 cm³/mol. The highest BCUT2D eigenvalue weighted by Gasteiger charge is 2.39. The largest absolute Gasteiger partial charge is 0.466 e. The standard InChI is InChI=1S/C17H33NO4SSi/c1-6-9-15-10-8-11-16(14-17(19)22-7-2)18(15)23(20,21)12-13-24(3,4)5/h6,15-16H,1,7-14H2,2-5H3/t15-,16+/m1/s1. The van der Waals surface area contributed by atoms with E-state index in [0.717, 1.165) is 25.3 Å². The summed E-state index contributed by atoms with van der Waals surface area (Å²) >= 11 is 0. The topological polar surface area (TPSA) is 63.7 Å². The van der Waals surface area contributed by atoms with Crippen LogP contribution >= 0.6 is 0 Å². The van der Waals surface area contributed by atoms with Gasteiger partial charge in [0.15, 0.2) is 0 Å². The minimum Gasteiger partial charge on any atom is -0.466 e. The van der Waals surface area contributed by atoms with Crippen molar-refractivity contribution in [3.05, 3.63) is 12.7 Å². The van der Waals surface area contributed by atoms with Crippen LogP contribution in [0.2, 0.25) is 25.7 Å². The third kappa shape index (κ3) is 6.68. The third-order valence-corrected chi connectivity index (χ3v) is 8.44. The number of rotatable bonds is 9. The molecule has 0 bridgehead atoms. The van der Waals surface area contributed by atoms with Gasteiger partial charge in [-0.15, -0.1) is 6.58 Å². The van der Waals surface area contributed by atoms with Crippen molar-refractivity contribution in [2.45, 2.75) is 76.8 Å². The van der Waals surface area contributed by atoms with E-state index in [-0.39, 0.29) is 30.2 Å². The van der Waals surface area contributed by atoms with E-state index in [1.807, 2.05) is 0 Å². The molecule has 1 saturated heterocycles. The number of hydrogen-bond acceptors (Lipinski definition) is 4. The lowest BCUT2D eigenvalue weighted by molar-refractivity contribution is -0.144. The lowest BCUT2D eigenvalue weighted by atomic mass is 9.94. The zero-order valence-electron chi connectivity index (χ0n) is 15.6. The van der Waals surface area contributed by atoms with E-state index >= 15 is 0 Å². The molecule has 0 radical (unpaired) electrons. The van der Waals surface area contributed by atoms with Crippen molar-refractivity contribution in [3.8, 4) is 0 Å². The van der Waals surface area contributed by atoms with Gasteiger partial charge in [0.05, 0.1) is 18.8 Å². The summed E-state index contributed by atoms with van der Waals surface area (Å²) in [5, 5.41) is 0. The minimum atomic E-state index is -3.39. The average Bonchev–Trinajstić information content (AvgIpc) is 2.45. The normalized spacial score (nSPS) is 23.0. The summed E-state index contributed by atoms with van der Waals surface area (Å²) in [5.74, 6) is -0.137. The van der Waals surface area contributed by atoms with Crippen molar-refractivity contribution < 1.29 is 17.9 Å². The lowest BCUT2D eigenvalue weighted by Gasteiger charge is -2.40. The van der Waals surface area contributed by atoms with Gasteiger partial charge in [-0.25, -0.2) is 8.42 Å². The lowest BCUT2D eigenvalue weighted by Crippen LogP contribution is -2.51. The van der Waals surface area contributed by atoms with Gasteiger partial charge in [-0.2, -0.15) is 4.31 Å². The summed E-state index contributed by atoms with van der Waals surface area (Å²) in [6.07, 6.45) is 5.04. The van der Waals surface area contributed by atoms with E-state index < -0.39 is 18.1 Å². The minimum absolute atomic E-state index is 0.0812. The van der Waals surface area contributed by atoms with Crippen LogP contribution in [0.1, 0.15) is 39.0 Å². The number of esters is 1. The first-order valence-corrected chi connectivity index (χ1v) is 14.2. The van der Waals surface area contributed by atoms with Gasteiger partial charge in [-0.3, -0.25) is 4.79 Å². The Bertz CT molecular complexity index is 527. The summed E-state index contributed by atoms with van der Waals surface area (Å²) in [6, 6.07) is 0.371. The first-order valence-electron chi connectivity index (χ1n) is 8.88. The molecule has 0 aliphatic carbocycles. The smallest absolute Gasteiger partial charge is 0.307 e. The van der Waals surface area contributed by atoms with Crippen LogP contribution in [0.4, 0.5) is 0 Å². The molecule has 5 nitrogen and oxygen atoms in total. The molecule has 0 aromatic heterocycles. The molecule has 0 N–H and O–H groups in total. The molecule has 0 spiro atoms. The number of carbonyl (C=O) groups excluding carboxylic acids is 1. The quantitative estimate of drug-likeness (QED) is 0.352. The van der Waals surface area contributed by atoms with Crippen LogP contribution in [-0.4, -0.2) is 51.2 Å². The first-order chi connectivity index (χ1) is 11.1. The highest BCUT2D eigenvalue weighted by atomic mass is 32.2. The van der Waals surface area contributed by atoms with E-state index in [4.69, 9.17) is 4.74 Å². The van der Waals surface area contributed by atoms with E-state index in [1.165, 1.54) is 0 Å².